The maximum Gasteiger partial charge on any atom is 0.223 e. The van der Waals surface area contributed by atoms with Crippen LogP contribution in [0.3, 0.4) is 0 Å². The molecule has 0 spiro atoms. The molecule has 0 aromatic heterocycles. The van der Waals surface area contributed by atoms with Crippen LogP contribution in [0.25, 0.3) is 0 Å². The topological polar surface area (TPSA) is 20.3 Å². The van der Waals surface area contributed by atoms with E-state index in [0.717, 1.165) is 19.0 Å². The highest BCUT2D eigenvalue weighted by Gasteiger charge is 2.29. The summed E-state index contributed by atoms with van der Waals surface area (Å²) in [6.45, 7) is 1.75. The molecule has 0 N–H and O–H groups in total. The van der Waals surface area contributed by atoms with Crippen LogP contribution < -0.4 is 0 Å². The summed E-state index contributed by atoms with van der Waals surface area (Å²) in [5.74, 6) is 3.87. The first-order valence-electron chi connectivity index (χ1n) is 6.53. The van der Waals surface area contributed by atoms with Gasteiger partial charge in [-0.3, -0.25) is 4.79 Å². The van der Waals surface area contributed by atoms with Crippen LogP contribution >= 0.6 is 0 Å². The molecule has 1 atom stereocenters. The number of carbonyl (C=O) groups excluding carboxylic acids is 1. The lowest BCUT2D eigenvalue weighted by Gasteiger charge is -2.22. The number of hydrogen-bond acceptors (Lipinski definition) is 1. The number of amides is 1. The van der Waals surface area contributed by atoms with E-state index in [1.54, 1.807) is 0 Å². The van der Waals surface area contributed by atoms with E-state index in [0.29, 0.717) is 6.42 Å². The molecular weight excluding hydrogens is 198 g/mol. The quantitative estimate of drug-likeness (QED) is 0.516. The summed E-state index contributed by atoms with van der Waals surface area (Å²) in [7, 11) is 0. The van der Waals surface area contributed by atoms with E-state index < -0.39 is 0 Å². The molecule has 1 amide bonds. The van der Waals surface area contributed by atoms with Gasteiger partial charge in [0, 0.05) is 25.4 Å². The van der Waals surface area contributed by atoms with Crippen LogP contribution in [0.15, 0.2) is 0 Å². The number of terminal acetylenes is 1. The number of carbonyl (C=O) groups is 1. The molecule has 1 saturated carbocycles. The van der Waals surface area contributed by atoms with E-state index in [1.807, 2.05) is 4.90 Å². The summed E-state index contributed by atoms with van der Waals surface area (Å²) in [4.78, 5) is 13.7. The Kier molecular flexibility index (Phi) is 3.88. The molecular formula is C14H21NO. The molecule has 2 rings (SSSR count). The second-order valence-corrected chi connectivity index (χ2v) is 5.22. The van der Waals surface area contributed by atoms with E-state index >= 15 is 0 Å². The lowest BCUT2D eigenvalue weighted by molar-refractivity contribution is -0.128. The lowest BCUT2D eigenvalue weighted by Crippen LogP contribution is -2.30. The van der Waals surface area contributed by atoms with Crippen LogP contribution in [0, 0.1) is 24.2 Å². The van der Waals surface area contributed by atoms with Crippen molar-refractivity contribution in [3.8, 4) is 12.3 Å². The molecule has 2 fully saturated rings. The highest BCUT2D eigenvalue weighted by molar-refractivity contribution is 5.79. The largest absolute Gasteiger partial charge is 0.341 e. The van der Waals surface area contributed by atoms with Gasteiger partial charge in [0.2, 0.25) is 5.91 Å². The highest BCUT2D eigenvalue weighted by atomic mass is 16.2. The van der Waals surface area contributed by atoms with E-state index in [4.69, 9.17) is 6.42 Å². The van der Waals surface area contributed by atoms with E-state index in [9.17, 15) is 4.79 Å². The molecule has 2 heteroatoms. The highest BCUT2D eigenvalue weighted by Crippen LogP contribution is 2.26. The Labute approximate surface area is 98.4 Å². The van der Waals surface area contributed by atoms with Crippen LogP contribution in [-0.2, 0) is 4.79 Å². The molecule has 1 saturated heterocycles. The van der Waals surface area contributed by atoms with Gasteiger partial charge in [0.15, 0.2) is 0 Å². The second-order valence-electron chi connectivity index (χ2n) is 5.22. The fraction of sp³-hybridized carbons (Fsp3) is 0.786. The van der Waals surface area contributed by atoms with Crippen LogP contribution in [-0.4, -0.2) is 23.9 Å². The molecule has 0 aromatic rings. The lowest BCUT2D eigenvalue weighted by atomic mass is 10.00. The van der Waals surface area contributed by atoms with Gasteiger partial charge >= 0.3 is 0 Å². The van der Waals surface area contributed by atoms with Gasteiger partial charge < -0.3 is 4.90 Å². The van der Waals surface area contributed by atoms with Crippen molar-refractivity contribution < 1.29 is 4.79 Å². The molecule has 1 aliphatic heterocycles. The minimum absolute atomic E-state index is 0.165. The third kappa shape index (κ3) is 2.78. The Morgan fingerprint density at radius 2 is 1.94 bits per heavy atom. The van der Waals surface area contributed by atoms with Crippen LogP contribution in [0.4, 0.5) is 0 Å². The van der Waals surface area contributed by atoms with Gasteiger partial charge in [-0.1, -0.05) is 25.7 Å². The Morgan fingerprint density at radius 3 is 2.50 bits per heavy atom. The summed E-state index contributed by atoms with van der Waals surface area (Å²) in [6.07, 6.45) is 14.0. The normalized spacial score (nSPS) is 27.8. The Bertz CT molecular complexity index is 284. The average Bonchev–Trinajstić information content (AvgIpc) is 2.51. The van der Waals surface area contributed by atoms with Crippen molar-refractivity contribution in [2.24, 2.45) is 11.8 Å². The van der Waals surface area contributed by atoms with Gasteiger partial charge in [-0.05, 0) is 18.8 Å². The third-order valence-corrected chi connectivity index (χ3v) is 3.90. The monoisotopic (exact) mass is 219 g/mol. The van der Waals surface area contributed by atoms with Gasteiger partial charge in [0.25, 0.3) is 0 Å². The number of nitrogens with zero attached hydrogens (tertiary/aromatic N) is 1. The zero-order valence-electron chi connectivity index (χ0n) is 9.95. The minimum Gasteiger partial charge on any atom is -0.341 e. The average molecular weight is 219 g/mol. The summed E-state index contributed by atoms with van der Waals surface area (Å²) in [5.41, 5.74) is 0. The second kappa shape index (κ2) is 5.39. The van der Waals surface area contributed by atoms with Crippen molar-refractivity contribution in [2.45, 2.75) is 44.9 Å². The maximum atomic E-state index is 11.7. The molecule has 0 aromatic carbocycles. The van der Waals surface area contributed by atoms with Gasteiger partial charge in [-0.2, -0.15) is 0 Å². The van der Waals surface area contributed by atoms with Crippen LogP contribution in [0.5, 0.6) is 0 Å². The fourth-order valence-corrected chi connectivity index (χ4v) is 2.92. The standard InChI is InChI=1S/C14H21NO/c1-2-12-9-14(16)15(10-12)11-13-7-5-3-4-6-8-13/h1,12-13H,3-11H2. The molecule has 2 nitrogen and oxygen atoms in total. The minimum atomic E-state index is 0.165. The molecule has 2 aliphatic rings. The summed E-state index contributed by atoms with van der Waals surface area (Å²) in [6, 6.07) is 0. The van der Waals surface area contributed by atoms with Gasteiger partial charge in [-0.15, -0.1) is 12.3 Å². The van der Waals surface area contributed by atoms with Gasteiger partial charge in [0.05, 0.1) is 0 Å². The third-order valence-electron chi connectivity index (χ3n) is 3.90. The number of likely N-dealkylation sites (tertiary alicyclic amines) is 1. The first kappa shape index (κ1) is 11.5. The van der Waals surface area contributed by atoms with Crippen molar-refractivity contribution in [3.05, 3.63) is 0 Å². The Hall–Kier alpha value is -0.970. The van der Waals surface area contributed by atoms with Crippen LogP contribution in [0.2, 0.25) is 0 Å². The number of hydrogen-bond donors (Lipinski definition) is 0. The van der Waals surface area contributed by atoms with E-state index in [2.05, 4.69) is 5.92 Å². The Balaban J connectivity index is 1.84. The molecule has 0 bridgehead atoms. The zero-order valence-corrected chi connectivity index (χ0v) is 9.95. The summed E-state index contributed by atoms with van der Waals surface area (Å²) < 4.78 is 0. The fourth-order valence-electron chi connectivity index (χ4n) is 2.92. The first-order valence-corrected chi connectivity index (χ1v) is 6.53. The van der Waals surface area contributed by atoms with Crippen molar-refractivity contribution >= 4 is 5.91 Å². The van der Waals surface area contributed by atoms with Crippen molar-refractivity contribution in [1.82, 2.24) is 4.90 Å². The molecule has 88 valence electrons. The van der Waals surface area contributed by atoms with E-state index in [1.165, 1.54) is 38.5 Å². The smallest absolute Gasteiger partial charge is 0.223 e. The molecule has 1 unspecified atom stereocenters. The predicted octanol–water partition coefficient (Wildman–Crippen LogP) is 2.44. The van der Waals surface area contributed by atoms with Gasteiger partial charge in [-0.25, -0.2) is 0 Å². The van der Waals surface area contributed by atoms with Crippen molar-refractivity contribution in [2.75, 3.05) is 13.1 Å². The molecule has 1 heterocycles. The zero-order chi connectivity index (χ0) is 11.4. The molecule has 16 heavy (non-hydrogen) atoms. The summed E-state index contributed by atoms with van der Waals surface area (Å²) in [5, 5.41) is 0. The molecule has 0 radical (unpaired) electrons. The Morgan fingerprint density at radius 1 is 1.25 bits per heavy atom. The van der Waals surface area contributed by atoms with E-state index in [-0.39, 0.29) is 11.8 Å². The summed E-state index contributed by atoms with van der Waals surface area (Å²) >= 11 is 0. The molecule has 1 aliphatic carbocycles. The predicted molar refractivity (Wildman–Crippen MR) is 64.7 cm³/mol. The van der Waals surface area contributed by atoms with Crippen molar-refractivity contribution in [3.63, 3.8) is 0 Å². The van der Waals surface area contributed by atoms with Gasteiger partial charge in [0.1, 0.15) is 0 Å². The van der Waals surface area contributed by atoms with Crippen molar-refractivity contribution in [1.29, 1.82) is 0 Å². The SMILES string of the molecule is C#CC1CC(=O)N(CC2CCCCCC2)C1. The first-order chi connectivity index (χ1) is 7.79. The van der Waals surface area contributed by atoms with Crippen LogP contribution in [0.1, 0.15) is 44.9 Å². The maximum absolute atomic E-state index is 11.7. The number of rotatable bonds is 2.